The maximum absolute atomic E-state index is 9.72. The molecule has 558 valence electrons. The molecule has 2 heterocycles. The smallest absolute Gasteiger partial charge is 0.136 e. The summed E-state index contributed by atoms with van der Waals surface area (Å²) >= 11 is 0. The fourth-order valence-electron chi connectivity index (χ4n) is 16.6. The summed E-state index contributed by atoms with van der Waals surface area (Å²) in [6.07, 6.45) is 0. The molecule has 0 unspecified atom stereocenters. The zero-order valence-corrected chi connectivity index (χ0v) is 62.3. The molecule has 23 aromatic carbocycles. The van der Waals surface area contributed by atoms with E-state index >= 15 is 0 Å². The van der Waals surface area contributed by atoms with Crippen LogP contribution >= 0.6 is 0 Å². The molecule has 0 N–H and O–H groups in total. The molecular weight excluding hydrogens is 1450 g/mol. The average Bonchev–Trinajstić information content (AvgIpc) is 0.768. The molecular formula is C118H74O2. The van der Waals surface area contributed by atoms with Gasteiger partial charge in [-0.3, -0.25) is 0 Å². The van der Waals surface area contributed by atoms with Crippen LogP contribution in [-0.2, 0) is 0 Å². The molecule has 0 amide bonds. The first-order chi connectivity index (χ1) is 77.0. The summed E-state index contributed by atoms with van der Waals surface area (Å²) in [7, 11) is 0. The maximum atomic E-state index is 9.72. The van der Waals surface area contributed by atoms with Crippen LogP contribution in [0.3, 0.4) is 0 Å². The second kappa shape index (κ2) is 29.2. The summed E-state index contributed by atoms with van der Waals surface area (Å²) in [5, 5.41) is 3.44. The molecule has 0 radical (unpaired) electrons. The maximum Gasteiger partial charge on any atom is 0.136 e. The molecule has 0 fully saturated rings. The molecule has 2 aromatic heterocycles. The zero-order valence-electron chi connectivity index (χ0n) is 104. The normalized spacial score (nSPS) is 16.6. The first-order valence-electron chi connectivity index (χ1n) is 58.9. The quantitative estimate of drug-likeness (QED) is 0.112. The van der Waals surface area contributed by atoms with E-state index in [0.29, 0.717) is 66.8 Å². The predicted molar refractivity (Wildman–Crippen MR) is 512 cm³/mol. The van der Waals surface area contributed by atoms with Gasteiger partial charge in [-0.1, -0.05) is 387 Å². The Bertz CT molecular complexity index is 10900. The molecule has 25 aromatic rings. The van der Waals surface area contributed by atoms with Crippen LogP contribution < -0.4 is 0 Å². The minimum absolute atomic E-state index is 0.167. The second-order valence-corrected chi connectivity index (χ2v) is 28.2. The Kier molecular flexibility index (Phi) is 9.56. The van der Waals surface area contributed by atoms with Crippen LogP contribution in [0.15, 0.2) is 457 Å². The van der Waals surface area contributed by atoms with Crippen molar-refractivity contribution in [1.29, 1.82) is 0 Å². The zero-order chi connectivity index (χ0) is 116. The Morgan fingerprint density at radius 1 is 0.158 bits per heavy atom. The summed E-state index contributed by atoms with van der Waals surface area (Å²) in [4.78, 5) is 0. The van der Waals surface area contributed by atoms with Crippen molar-refractivity contribution in [2.45, 2.75) is 0 Å². The Morgan fingerprint density at radius 2 is 0.525 bits per heavy atom. The molecule has 0 aliphatic rings. The van der Waals surface area contributed by atoms with Gasteiger partial charge in [-0.15, -0.1) is 0 Å². The van der Waals surface area contributed by atoms with Gasteiger partial charge in [-0.2, -0.15) is 0 Å². The molecule has 0 aliphatic carbocycles. The fourth-order valence-corrected chi connectivity index (χ4v) is 16.6. The Balaban J connectivity index is 0.000000134. The van der Waals surface area contributed by atoms with E-state index in [1.165, 1.54) is 0 Å². The molecule has 0 bridgehead atoms. The summed E-state index contributed by atoms with van der Waals surface area (Å²) in [5.41, 5.74) is 3.22. The van der Waals surface area contributed by atoms with Crippen molar-refractivity contribution < 1.29 is 66.4 Å². The highest BCUT2D eigenvalue weighted by Gasteiger charge is 2.26. The number of hydrogen-bond donors (Lipinski definition) is 0. The minimum Gasteiger partial charge on any atom is -0.456 e. The SMILES string of the molecule is [2H]c1c([2H])c([2H])c(-c2c3c([2H])c([2H])c([2H])c([2H])c3c(-c3c([2H])c([2H])c4c([2H])c([2H])c(-c5c([2H])c([2H])c6c([2H])c([2H])c([2H])c([2H])c6c5[2H])c([2H])c4c3[2H])c3c([2H])c([2H])c([2H])c([2H])c23)c([2H])c1[2H].[2H]c1c([2H])c([2H])c2c(-c3ccc4oc5ccccc5c4c3)c3c([2H])c([2H])c([2H])c([2H])c3c(-c3ccccc3)c2c1[2H].[2H]c1c([2H])c([2H])c2c(-c3ccc4oc5ccccc5c4c3-c3cc4ccccc4c4ccccc34)c3c([2H])c([2H])c([2H])c([2H])c3c(-c3ccccc3)c2c1[2H]. The lowest BCUT2D eigenvalue weighted by atomic mass is 9.81. The van der Waals surface area contributed by atoms with Crippen molar-refractivity contribution in [3.63, 3.8) is 0 Å². The summed E-state index contributed by atoms with van der Waals surface area (Å²) in [5.74, 6) is 0. The van der Waals surface area contributed by atoms with E-state index in [2.05, 4.69) is 30.3 Å². The van der Waals surface area contributed by atoms with E-state index in [1.54, 1.807) is 60.7 Å². The van der Waals surface area contributed by atoms with Crippen LogP contribution in [0.4, 0.5) is 0 Å². The van der Waals surface area contributed by atoms with E-state index in [9.17, 15) is 16.4 Å². The van der Waals surface area contributed by atoms with Crippen molar-refractivity contribution in [1.82, 2.24) is 0 Å². The molecule has 0 spiro atoms. The van der Waals surface area contributed by atoms with Crippen molar-refractivity contribution in [3.8, 4) is 89.0 Å². The number of para-hydroxylation sites is 2. The number of rotatable bonds is 8. The lowest BCUT2D eigenvalue weighted by Gasteiger charge is -2.21. The van der Waals surface area contributed by atoms with Gasteiger partial charge in [0.25, 0.3) is 0 Å². The van der Waals surface area contributed by atoms with Gasteiger partial charge >= 0.3 is 0 Å². The monoisotopic (exact) mass is 1560 g/mol. The van der Waals surface area contributed by atoms with Crippen LogP contribution in [0.2, 0.25) is 0 Å². The molecule has 0 aliphatic heterocycles. The van der Waals surface area contributed by atoms with Gasteiger partial charge in [-0.25, -0.2) is 0 Å². The lowest BCUT2D eigenvalue weighted by Crippen LogP contribution is -1.94. The van der Waals surface area contributed by atoms with Gasteiger partial charge < -0.3 is 8.83 Å². The van der Waals surface area contributed by atoms with E-state index < -0.39 is 282 Å². The highest BCUT2D eigenvalue weighted by Crippen LogP contribution is 2.53. The molecule has 0 atom stereocenters. The van der Waals surface area contributed by atoms with Gasteiger partial charge in [0.05, 0.1) is 57.6 Å². The first kappa shape index (κ1) is 39.3. The van der Waals surface area contributed by atoms with Gasteiger partial charge in [0.15, 0.2) is 0 Å². The standard InChI is InChI=1S/C46H28O.C40H26.C32H20O/c1-2-14-29(15-3-1)43-34-20-8-10-22-36(34)44(37-23-11-9-21-35(37)43)39-26-27-42-46(38-24-12-13-25-41(38)47-42)45(39)40-28-30-16-4-5-17-31(30)32-18-6-7-19-33(32)40;1-2-11-29(12-3-1)39-35-14-6-8-16-37(35)40(38-17-9-7-15-36(38)39)33-23-20-28-19-22-32(25-34(28)26-33)31-21-18-27-10-4-5-13-30(27)24-31;1-2-10-21(11-3-1)31-24-13-4-6-15-26(24)32(27-16-7-5-14-25(27)31)22-18-19-30-28(20-22)23-12-8-9-17-29(23)33-30/h1-28H;1-26H;1-20H/i8D,9D,10D,11D,20D,21D,22D,23D;1D,2D,3D,4D,5D,6D,7D,8D,9D,10D,11D,12D,13D,14D,15D,16D,17D,18D,19D,20D,21D,22D,23D,24D,25D,26D;4D,5D,6D,7D,13D,14D,15D,16D. The Labute approximate surface area is 752 Å². The van der Waals surface area contributed by atoms with Crippen molar-refractivity contribution in [2.24, 2.45) is 0 Å². The highest BCUT2D eigenvalue weighted by molar-refractivity contribution is 6.29. The Hall–Kier alpha value is -15.7. The molecule has 0 saturated heterocycles. The van der Waals surface area contributed by atoms with E-state index in [1.807, 2.05) is 103 Å². The summed E-state index contributed by atoms with van der Waals surface area (Å²) in [6.45, 7) is 0. The molecule has 0 saturated carbocycles. The van der Waals surface area contributed by atoms with Gasteiger partial charge in [0.2, 0.25) is 0 Å². The number of furan rings is 2. The number of fused-ring (bicyclic) bond motifs is 17. The fraction of sp³-hybridized carbons (Fsp3) is 0. The van der Waals surface area contributed by atoms with Gasteiger partial charge in [0.1, 0.15) is 22.3 Å². The molecule has 2 nitrogen and oxygen atoms in total. The number of benzene rings is 23. The van der Waals surface area contributed by atoms with Crippen LogP contribution in [0.1, 0.15) is 57.6 Å². The molecule has 25 rings (SSSR count). The minimum atomic E-state index is -1.01. The van der Waals surface area contributed by atoms with Crippen LogP contribution in [0.5, 0.6) is 0 Å². The van der Waals surface area contributed by atoms with Crippen LogP contribution in [0, 0.1) is 0 Å². The lowest BCUT2D eigenvalue weighted by molar-refractivity contribution is 0.668. The third-order valence-corrected chi connectivity index (χ3v) is 21.6. The first-order valence-corrected chi connectivity index (χ1v) is 37.9. The van der Waals surface area contributed by atoms with E-state index in [-0.39, 0.29) is 91.4 Å². The third kappa shape index (κ3) is 11.8. The molecule has 2 heteroatoms. The van der Waals surface area contributed by atoms with Crippen LogP contribution in [0.25, 0.3) is 241 Å². The van der Waals surface area contributed by atoms with Gasteiger partial charge in [0, 0.05) is 27.1 Å². The van der Waals surface area contributed by atoms with Crippen molar-refractivity contribution >= 4 is 152 Å². The van der Waals surface area contributed by atoms with E-state index in [0.717, 1.165) is 54.2 Å². The molecule has 120 heavy (non-hydrogen) atoms. The third-order valence-electron chi connectivity index (χ3n) is 21.6. The van der Waals surface area contributed by atoms with Crippen molar-refractivity contribution in [2.75, 3.05) is 0 Å². The van der Waals surface area contributed by atoms with Crippen LogP contribution in [-0.4, -0.2) is 0 Å². The average molecular weight is 1570 g/mol. The second-order valence-electron chi connectivity index (χ2n) is 28.2. The topological polar surface area (TPSA) is 26.3 Å². The predicted octanol–water partition coefficient (Wildman–Crippen LogP) is 33.7. The highest BCUT2D eigenvalue weighted by atomic mass is 16.3. The Morgan fingerprint density at radius 3 is 1.07 bits per heavy atom. The summed E-state index contributed by atoms with van der Waals surface area (Å²) < 4.78 is 386. The van der Waals surface area contributed by atoms with E-state index in [4.69, 9.17) is 50.0 Å². The van der Waals surface area contributed by atoms with Gasteiger partial charge in [-0.05, 0) is 252 Å². The number of hydrogen-bond acceptors (Lipinski definition) is 2. The van der Waals surface area contributed by atoms with Crippen molar-refractivity contribution in [3.05, 3.63) is 448 Å². The largest absolute Gasteiger partial charge is 0.456 e. The summed E-state index contributed by atoms with van der Waals surface area (Å²) in [6, 6.07) is 31.3.